The molecule has 0 saturated heterocycles. The molecule has 0 aliphatic carbocycles. The van der Waals surface area contributed by atoms with Crippen molar-refractivity contribution < 1.29 is 19.4 Å². The molecule has 34 heavy (non-hydrogen) atoms. The number of hydrogen-bond donors (Lipinski definition) is 1. The number of rotatable bonds is 3. The second kappa shape index (κ2) is 7.20. The summed E-state index contributed by atoms with van der Waals surface area (Å²) in [7, 11) is 0. The molecule has 168 valence electrons. The Hall–Kier alpha value is -4.10. The Morgan fingerprint density at radius 3 is 2.59 bits per heavy atom. The molecule has 2 aromatic carbocycles. The molecule has 7 heteroatoms. The zero-order chi connectivity index (χ0) is 23.6. The average molecular weight is 452 g/mol. The Balaban J connectivity index is 1.66. The SMILES string of the molecule is CC[C@@]1(O)C(=O)OCc2c1cc1n(c2=O)Cc2c-1nc1ccccc1c2C(=O)c1ccccc1. The highest BCUT2D eigenvalue weighted by atomic mass is 16.6. The summed E-state index contributed by atoms with van der Waals surface area (Å²) in [5.74, 6) is -0.916. The summed E-state index contributed by atoms with van der Waals surface area (Å²) in [5, 5.41) is 11.8. The van der Waals surface area contributed by atoms with Crippen LogP contribution in [0.3, 0.4) is 0 Å². The van der Waals surface area contributed by atoms with Gasteiger partial charge in [-0.15, -0.1) is 0 Å². The Bertz CT molecular complexity index is 1590. The van der Waals surface area contributed by atoms with E-state index in [2.05, 4.69) is 0 Å². The van der Waals surface area contributed by atoms with E-state index in [-0.39, 0.29) is 42.0 Å². The lowest BCUT2D eigenvalue weighted by atomic mass is 9.86. The number of ether oxygens (including phenoxy) is 1. The van der Waals surface area contributed by atoms with E-state index in [0.717, 1.165) is 0 Å². The first-order valence-corrected chi connectivity index (χ1v) is 11.1. The van der Waals surface area contributed by atoms with Gasteiger partial charge in [0, 0.05) is 27.6 Å². The first kappa shape index (κ1) is 20.5. The van der Waals surface area contributed by atoms with Crippen molar-refractivity contribution in [3.05, 3.63) is 98.8 Å². The molecule has 0 bridgehead atoms. The van der Waals surface area contributed by atoms with Crippen molar-refractivity contribution in [2.24, 2.45) is 0 Å². The third-order valence-electron chi connectivity index (χ3n) is 6.86. The minimum atomic E-state index is -1.90. The molecule has 0 spiro atoms. The van der Waals surface area contributed by atoms with Gasteiger partial charge >= 0.3 is 5.97 Å². The normalized spacial score (nSPS) is 18.2. The molecule has 2 aliphatic heterocycles. The van der Waals surface area contributed by atoms with Gasteiger partial charge in [0.2, 0.25) is 0 Å². The van der Waals surface area contributed by atoms with E-state index in [1.807, 2.05) is 42.5 Å². The summed E-state index contributed by atoms with van der Waals surface area (Å²) in [4.78, 5) is 44.4. The number of esters is 1. The monoisotopic (exact) mass is 452 g/mol. The summed E-state index contributed by atoms with van der Waals surface area (Å²) < 4.78 is 6.69. The van der Waals surface area contributed by atoms with Crippen molar-refractivity contribution in [2.75, 3.05) is 0 Å². The standard InChI is InChI=1S/C27H20N2O5/c1-2-27(33)19-12-21-23-17(13-29(21)25(31)18(19)14-34-26(27)32)22(16-10-6-7-11-20(16)28-23)24(30)15-8-4-3-5-9-15/h3-12,33H,2,13-14H2,1H3/t27-/m0/s1. The third kappa shape index (κ3) is 2.67. The van der Waals surface area contributed by atoms with Crippen LogP contribution in [0.5, 0.6) is 0 Å². The van der Waals surface area contributed by atoms with Gasteiger partial charge in [-0.3, -0.25) is 9.59 Å². The summed E-state index contributed by atoms with van der Waals surface area (Å²) >= 11 is 0. The maximum atomic E-state index is 13.7. The van der Waals surface area contributed by atoms with Crippen molar-refractivity contribution in [3.8, 4) is 11.4 Å². The van der Waals surface area contributed by atoms with E-state index < -0.39 is 11.6 Å². The summed E-state index contributed by atoms with van der Waals surface area (Å²) in [6.45, 7) is 1.63. The summed E-state index contributed by atoms with van der Waals surface area (Å²) in [5.41, 5.74) is 1.57. The molecule has 0 unspecified atom stereocenters. The molecule has 2 aromatic heterocycles. The lowest BCUT2D eigenvalue weighted by Crippen LogP contribution is -2.44. The molecule has 4 aromatic rings. The topological polar surface area (TPSA) is 98.5 Å². The van der Waals surface area contributed by atoms with Crippen LogP contribution in [0, 0.1) is 0 Å². The predicted octanol–water partition coefficient (Wildman–Crippen LogP) is 3.31. The van der Waals surface area contributed by atoms with E-state index in [4.69, 9.17) is 9.72 Å². The largest absolute Gasteiger partial charge is 0.458 e. The number of nitrogens with zero attached hydrogens (tertiary/aromatic N) is 2. The number of carbonyl (C=O) groups excluding carboxylic acids is 2. The van der Waals surface area contributed by atoms with E-state index in [1.165, 1.54) is 0 Å². The number of aromatic nitrogens is 2. The molecule has 1 atom stereocenters. The molecule has 2 aliphatic rings. The number of benzene rings is 2. The number of cyclic esters (lactones) is 1. The Labute approximate surface area is 194 Å². The van der Waals surface area contributed by atoms with Gasteiger partial charge in [-0.1, -0.05) is 55.5 Å². The average Bonchev–Trinajstić information content (AvgIpc) is 3.23. The zero-order valence-corrected chi connectivity index (χ0v) is 18.4. The van der Waals surface area contributed by atoms with Crippen LogP contribution in [-0.4, -0.2) is 26.4 Å². The smallest absolute Gasteiger partial charge is 0.343 e. The number of hydrogen-bond acceptors (Lipinski definition) is 6. The fourth-order valence-electron chi connectivity index (χ4n) is 5.02. The first-order chi connectivity index (χ1) is 16.4. The Morgan fingerprint density at radius 1 is 1.09 bits per heavy atom. The van der Waals surface area contributed by atoms with Crippen LogP contribution in [0.15, 0.2) is 65.5 Å². The van der Waals surface area contributed by atoms with Gasteiger partial charge in [0.25, 0.3) is 5.56 Å². The fraction of sp³-hybridized carbons (Fsp3) is 0.185. The second-order valence-electron chi connectivity index (χ2n) is 8.63. The fourth-order valence-corrected chi connectivity index (χ4v) is 5.02. The van der Waals surface area contributed by atoms with E-state index in [9.17, 15) is 19.5 Å². The lowest BCUT2D eigenvalue weighted by Gasteiger charge is -2.31. The highest BCUT2D eigenvalue weighted by molar-refractivity contribution is 6.18. The van der Waals surface area contributed by atoms with Crippen molar-refractivity contribution in [1.29, 1.82) is 0 Å². The van der Waals surface area contributed by atoms with Gasteiger partial charge in [-0.05, 0) is 18.6 Å². The Morgan fingerprint density at radius 2 is 1.82 bits per heavy atom. The molecule has 7 nitrogen and oxygen atoms in total. The van der Waals surface area contributed by atoms with E-state index in [0.29, 0.717) is 39.0 Å². The van der Waals surface area contributed by atoms with Gasteiger partial charge in [0.15, 0.2) is 11.4 Å². The quantitative estimate of drug-likeness (QED) is 0.333. The van der Waals surface area contributed by atoms with Crippen LogP contribution in [0.4, 0.5) is 0 Å². The number of aliphatic hydroxyl groups is 1. The number of ketones is 1. The number of carbonyl (C=O) groups is 2. The van der Waals surface area contributed by atoms with Crippen LogP contribution in [0.25, 0.3) is 22.3 Å². The third-order valence-corrected chi connectivity index (χ3v) is 6.86. The Kier molecular flexibility index (Phi) is 4.34. The highest BCUT2D eigenvalue weighted by Gasteiger charge is 2.45. The number of pyridine rings is 2. The van der Waals surface area contributed by atoms with Gasteiger partial charge in [-0.25, -0.2) is 9.78 Å². The first-order valence-electron chi connectivity index (χ1n) is 11.1. The molecule has 0 radical (unpaired) electrons. The molecular formula is C27H20N2O5. The number of fused-ring (bicyclic) bond motifs is 5. The molecular weight excluding hydrogens is 432 g/mol. The van der Waals surface area contributed by atoms with Crippen LogP contribution >= 0.6 is 0 Å². The molecule has 0 amide bonds. The van der Waals surface area contributed by atoms with Crippen LogP contribution in [0.2, 0.25) is 0 Å². The molecule has 0 fully saturated rings. The van der Waals surface area contributed by atoms with Crippen LogP contribution < -0.4 is 5.56 Å². The minimum Gasteiger partial charge on any atom is -0.458 e. The minimum absolute atomic E-state index is 0.0669. The highest BCUT2D eigenvalue weighted by Crippen LogP contribution is 2.40. The molecule has 6 rings (SSSR count). The van der Waals surface area contributed by atoms with Gasteiger partial charge in [-0.2, -0.15) is 0 Å². The van der Waals surface area contributed by atoms with Gasteiger partial charge < -0.3 is 14.4 Å². The van der Waals surface area contributed by atoms with Crippen molar-refractivity contribution in [2.45, 2.75) is 32.1 Å². The van der Waals surface area contributed by atoms with Crippen molar-refractivity contribution >= 4 is 22.7 Å². The van der Waals surface area contributed by atoms with Crippen LogP contribution in [-0.2, 0) is 28.3 Å². The molecule has 1 N–H and O–H groups in total. The predicted molar refractivity (Wildman–Crippen MR) is 124 cm³/mol. The molecule has 0 saturated carbocycles. The second-order valence-corrected chi connectivity index (χ2v) is 8.63. The lowest BCUT2D eigenvalue weighted by molar-refractivity contribution is -0.172. The van der Waals surface area contributed by atoms with Crippen LogP contribution in [0.1, 0.15) is 46.0 Å². The number of para-hydroxylation sites is 1. The van der Waals surface area contributed by atoms with E-state index >= 15 is 0 Å². The van der Waals surface area contributed by atoms with E-state index in [1.54, 1.807) is 29.7 Å². The zero-order valence-electron chi connectivity index (χ0n) is 18.4. The van der Waals surface area contributed by atoms with Gasteiger partial charge in [0.05, 0.1) is 29.0 Å². The summed E-state index contributed by atoms with van der Waals surface area (Å²) in [6, 6.07) is 18.1. The van der Waals surface area contributed by atoms with Crippen molar-refractivity contribution in [3.63, 3.8) is 0 Å². The van der Waals surface area contributed by atoms with Gasteiger partial charge in [0.1, 0.15) is 6.61 Å². The molecule has 4 heterocycles. The maximum Gasteiger partial charge on any atom is 0.343 e. The van der Waals surface area contributed by atoms with Crippen molar-refractivity contribution in [1.82, 2.24) is 9.55 Å². The maximum absolute atomic E-state index is 13.7. The summed E-state index contributed by atoms with van der Waals surface area (Å²) in [6.07, 6.45) is 0.0669.